The summed E-state index contributed by atoms with van der Waals surface area (Å²) in [5.74, 6) is -2.13. The van der Waals surface area contributed by atoms with Crippen LogP contribution in [0, 0.1) is 0 Å². The summed E-state index contributed by atoms with van der Waals surface area (Å²) in [5.41, 5.74) is 5.33. The Labute approximate surface area is 106 Å². The maximum absolute atomic E-state index is 11.4. The summed E-state index contributed by atoms with van der Waals surface area (Å²) in [4.78, 5) is 34.2. The van der Waals surface area contributed by atoms with Gasteiger partial charge in [-0.3, -0.25) is 14.5 Å². The molecule has 1 amide bonds. The topological polar surface area (TPSA) is 110 Å². The Balaban J connectivity index is 4.60. The van der Waals surface area contributed by atoms with Gasteiger partial charge in [0.2, 0.25) is 5.91 Å². The van der Waals surface area contributed by atoms with Crippen molar-refractivity contribution >= 4 is 17.8 Å². The van der Waals surface area contributed by atoms with Crippen molar-refractivity contribution in [1.29, 1.82) is 0 Å². The second kappa shape index (κ2) is 8.46. The van der Waals surface area contributed by atoms with Crippen molar-refractivity contribution in [3.8, 4) is 0 Å². The summed E-state index contributed by atoms with van der Waals surface area (Å²) in [6.45, 7) is 2.56. The van der Waals surface area contributed by atoms with Crippen LogP contribution in [0.25, 0.3) is 0 Å². The highest BCUT2D eigenvalue weighted by molar-refractivity contribution is 5.82. The summed E-state index contributed by atoms with van der Waals surface area (Å²) in [6.07, 6.45) is 1.56. The molecule has 0 bridgehead atoms. The molecule has 0 rings (SSSR count). The highest BCUT2D eigenvalue weighted by Gasteiger charge is 2.27. The van der Waals surface area contributed by atoms with Gasteiger partial charge in [-0.2, -0.15) is 0 Å². The highest BCUT2D eigenvalue weighted by atomic mass is 16.5. The van der Waals surface area contributed by atoms with Crippen LogP contribution < -0.4 is 5.73 Å². The molecule has 7 heteroatoms. The number of hydrogen-bond donors (Lipinski definition) is 2. The van der Waals surface area contributed by atoms with Crippen LogP contribution in [0.5, 0.6) is 0 Å². The number of carbonyl (C=O) groups is 3. The normalized spacial score (nSPS) is 11.7. The maximum atomic E-state index is 11.4. The van der Waals surface area contributed by atoms with Crippen molar-refractivity contribution in [1.82, 2.24) is 4.90 Å². The van der Waals surface area contributed by atoms with E-state index in [4.69, 9.17) is 10.8 Å². The van der Waals surface area contributed by atoms with Crippen LogP contribution in [0.1, 0.15) is 33.1 Å². The third kappa shape index (κ3) is 6.19. The molecule has 104 valence electrons. The molecule has 7 nitrogen and oxygen atoms in total. The molecule has 0 unspecified atom stereocenters. The van der Waals surface area contributed by atoms with Gasteiger partial charge in [-0.05, 0) is 25.8 Å². The van der Waals surface area contributed by atoms with Gasteiger partial charge < -0.3 is 15.6 Å². The van der Waals surface area contributed by atoms with E-state index in [2.05, 4.69) is 4.74 Å². The molecule has 0 aromatic heterocycles. The molecular weight excluding hydrogens is 240 g/mol. The molecule has 0 spiro atoms. The molecule has 0 aliphatic carbocycles. The summed E-state index contributed by atoms with van der Waals surface area (Å²) in [6, 6.07) is -0.992. The molecule has 0 saturated heterocycles. The van der Waals surface area contributed by atoms with Gasteiger partial charge in [-0.25, -0.2) is 4.79 Å². The Hall–Kier alpha value is -1.63. The number of carbonyl (C=O) groups excluding carboxylic acids is 2. The molecule has 0 aliphatic heterocycles. The van der Waals surface area contributed by atoms with E-state index in [1.54, 1.807) is 0 Å². The lowest BCUT2D eigenvalue weighted by Gasteiger charge is -2.27. The predicted molar refractivity (Wildman–Crippen MR) is 63.5 cm³/mol. The number of nitrogens with zero attached hydrogens (tertiary/aromatic N) is 1. The van der Waals surface area contributed by atoms with E-state index in [0.29, 0.717) is 19.4 Å². The van der Waals surface area contributed by atoms with E-state index < -0.39 is 23.9 Å². The Morgan fingerprint density at radius 2 is 1.89 bits per heavy atom. The first-order chi connectivity index (χ1) is 8.40. The molecule has 0 aromatic carbocycles. The number of ether oxygens (including phenoxy) is 1. The lowest BCUT2D eigenvalue weighted by atomic mass is 10.1. The van der Waals surface area contributed by atoms with E-state index >= 15 is 0 Å². The van der Waals surface area contributed by atoms with Crippen molar-refractivity contribution < 1.29 is 24.2 Å². The van der Waals surface area contributed by atoms with Gasteiger partial charge in [0.05, 0.1) is 0 Å². The van der Waals surface area contributed by atoms with E-state index in [1.165, 1.54) is 13.8 Å². The van der Waals surface area contributed by atoms with Gasteiger partial charge >= 0.3 is 11.9 Å². The molecule has 0 fully saturated rings. The second-order valence-corrected chi connectivity index (χ2v) is 3.89. The van der Waals surface area contributed by atoms with Gasteiger partial charge in [-0.15, -0.1) is 0 Å². The minimum atomic E-state index is -1.12. The number of amides is 1. The molecular formula is C11H20N2O5. The van der Waals surface area contributed by atoms with Crippen LogP contribution >= 0.6 is 0 Å². The van der Waals surface area contributed by atoms with Crippen molar-refractivity contribution in [2.75, 3.05) is 13.3 Å². The van der Waals surface area contributed by atoms with Crippen LogP contribution in [0.2, 0.25) is 0 Å². The molecule has 0 heterocycles. The number of esters is 1. The molecule has 1 atom stereocenters. The largest absolute Gasteiger partial charge is 0.480 e. The number of rotatable bonds is 8. The highest BCUT2D eigenvalue weighted by Crippen LogP contribution is 2.10. The molecule has 0 aliphatic rings. The van der Waals surface area contributed by atoms with Crippen LogP contribution in [-0.2, 0) is 19.1 Å². The van der Waals surface area contributed by atoms with E-state index in [9.17, 15) is 14.4 Å². The first kappa shape index (κ1) is 16.4. The molecule has 0 radical (unpaired) electrons. The van der Waals surface area contributed by atoms with E-state index in [-0.39, 0.29) is 13.2 Å². The monoisotopic (exact) mass is 260 g/mol. The lowest BCUT2D eigenvalue weighted by Crippen LogP contribution is -2.45. The summed E-state index contributed by atoms with van der Waals surface area (Å²) < 4.78 is 4.68. The van der Waals surface area contributed by atoms with Crippen LogP contribution in [0.3, 0.4) is 0 Å². The Kier molecular flexibility index (Phi) is 7.69. The number of nitrogens with two attached hydrogens (primary N) is 1. The van der Waals surface area contributed by atoms with Gasteiger partial charge in [0.25, 0.3) is 0 Å². The SMILES string of the molecule is CC(=O)OCN(C(C)=O)[C@@H](CCCCN)C(=O)O. The van der Waals surface area contributed by atoms with E-state index in [0.717, 1.165) is 4.90 Å². The molecule has 0 aromatic rings. The van der Waals surface area contributed by atoms with Crippen LogP contribution in [0.4, 0.5) is 0 Å². The Bertz CT molecular complexity index is 306. The van der Waals surface area contributed by atoms with Crippen LogP contribution in [-0.4, -0.2) is 47.2 Å². The van der Waals surface area contributed by atoms with E-state index in [1.807, 2.05) is 0 Å². The zero-order chi connectivity index (χ0) is 14.1. The maximum Gasteiger partial charge on any atom is 0.326 e. The average molecular weight is 260 g/mol. The van der Waals surface area contributed by atoms with Crippen molar-refractivity contribution in [2.24, 2.45) is 5.73 Å². The number of carboxylic acid groups (broad SMARTS) is 1. The fourth-order valence-corrected chi connectivity index (χ4v) is 1.46. The standard InChI is InChI=1S/C11H20N2O5/c1-8(14)13(7-18-9(2)15)10(11(16)17)5-3-4-6-12/h10H,3-7,12H2,1-2H3,(H,16,17)/t10-/m0/s1. The second-order valence-electron chi connectivity index (χ2n) is 3.89. The van der Waals surface area contributed by atoms with Crippen molar-refractivity contribution in [3.05, 3.63) is 0 Å². The minimum Gasteiger partial charge on any atom is -0.480 e. The fraction of sp³-hybridized carbons (Fsp3) is 0.727. The molecule has 3 N–H and O–H groups in total. The average Bonchev–Trinajstić information content (AvgIpc) is 2.25. The minimum absolute atomic E-state index is 0.285. The third-order valence-corrected chi connectivity index (χ3v) is 2.40. The Morgan fingerprint density at radius 1 is 1.28 bits per heavy atom. The smallest absolute Gasteiger partial charge is 0.326 e. The summed E-state index contributed by atoms with van der Waals surface area (Å²) in [7, 11) is 0. The third-order valence-electron chi connectivity index (χ3n) is 2.40. The number of aliphatic carboxylic acids is 1. The van der Waals surface area contributed by atoms with Crippen molar-refractivity contribution in [3.63, 3.8) is 0 Å². The predicted octanol–water partition coefficient (Wildman–Crippen LogP) is -0.0623. The van der Waals surface area contributed by atoms with Gasteiger partial charge in [-0.1, -0.05) is 0 Å². The number of unbranched alkanes of at least 4 members (excludes halogenated alkanes) is 1. The number of carboxylic acids is 1. The van der Waals surface area contributed by atoms with Gasteiger partial charge in [0.1, 0.15) is 6.04 Å². The summed E-state index contributed by atoms with van der Waals surface area (Å²) >= 11 is 0. The quantitative estimate of drug-likeness (QED) is 0.359. The molecule has 18 heavy (non-hydrogen) atoms. The Morgan fingerprint density at radius 3 is 2.28 bits per heavy atom. The fourth-order valence-electron chi connectivity index (χ4n) is 1.46. The zero-order valence-corrected chi connectivity index (χ0v) is 10.7. The first-order valence-electron chi connectivity index (χ1n) is 5.73. The zero-order valence-electron chi connectivity index (χ0n) is 10.7. The van der Waals surface area contributed by atoms with Gasteiger partial charge in [0.15, 0.2) is 6.73 Å². The van der Waals surface area contributed by atoms with Gasteiger partial charge in [0, 0.05) is 13.8 Å². The first-order valence-corrected chi connectivity index (χ1v) is 5.73. The van der Waals surface area contributed by atoms with Crippen molar-refractivity contribution in [2.45, 2.75) is 39.2 Å². The van der Waals surface area contributed by atoms with Crippen LogP contribution in [0.15, 0.2) is 0 Å². The summed E-state index contributed by atoms with van der Waals surface area (Å²) in [5, 5.41) is 9.09. The molecule has 0 saturated carbocycles. The lowest BCUT2D eigenvalue weighted by molar-refractivity contribution is -0.161. The number of hydrogen-bond acceptors (Lipinski definition) is 5.